The molecule has 0 bridgehead atoms. The van der Waals surface area contributed by atoms with Crippen molar-refractivity contribution in [3.05, 3.63) is 35.9 Å². The molecule has 1 saturated heterocycles. The first-order chi connectivity index (χ1) is 11.7. The summed E-state index contributed by atoms with van der Waals surface area (Å²) < 4.78 is 0. The van der Waals surface area contributed by atoms with Gasteiger partial charge >= 0.3 is 0 Å². The van der Waals surface area contributed by atoms with Crippen LogP contribution in [0.3, 0.4) is 0 Å². The van der Waals surface area contributed by atoms with Crippen LogP contribution in [0, 0.1) is 0 Å². The summed E-state index contributed by atoms with van der Waals surface area (Å²) in [6, 6.07) is 9.91. The normalized spacial score (nSPS) is 15.3. The van der Waals surface area contributed by atoms with Gasteiger partial charge in [0, 0.05) is 39.1 Å². The van der Waals surface area contributed by atoms with E-state index in [9.17, 15) is 9.59 Å². The van der Waals surface area contributed by atoms with E-state index in [1.54, 1.807) is 0 Å². The molecule has 24 heavy (non-hydrogen) atoms. The lowest BCUT2D eigenvalue weighted by Crippen LogP contribution is -2.51. The highest BCUT2D eigenvalue weighted by Gasteiger charge is 2.21. The Morgan fingerprint density at radius 3 is 2.42 bits per heavy atom. The van der Waals surface area contributed by atoms with Crippen molar-refractivity contribution >= 4 is 11.8 Å². The third kappa shape index (κ3) is 6.32. The molecule has 0 saturated carbocycles. The van der Waals surface area contributed by atoms with Crippen molar-refractivity contribution in [1.29, 1.82) is 0 Å². The van der Waals surface area contributed by atoms with Gasteiger partial charge in [-0.15, -0.1) is 0 Å². The molecule has 1 N–H and O–H groups in total. The van der Waals surface area contributed by atoms with Crippen LogP contribution in [0.5, 0.6) is 0 Å². The van der Waals surface area contributed by atoms with E-state index in [1.165, 1.54) is 0 Å². The largest absolute Gasteiger partial charge is 0.351 e. The molecule has 2 amide bonds. The molecule has 2 rings (SSSR count). The fourth-order valence-corrected chi connectivity index (χ4v) is 2.90. The van der Waals surface area contributed by atoms with E-state index in [2.05, 4.69) is 17.1 Å². The zero-order valence-corrected chi connectivity index (χ0v) is 14.7. The molecule has 1 aliphatic rings. The molecule has 1 aromatic rings. The first-order valence-electron chi connectivity index (χ1n) is 8.99. The molecule has 0 unspecified atom stereocenters. The Bertz CT molecular complexity index is 511. The van der Waals surface area contributed by atoms with Crippen molar-refractivity contribution in [2.75, 3.05) is 32.7 Å². The molecule has 0 aliphatic carbocycles. The van der Waals surface area contributed by atoms with E-state index in [1.807, 2.05) is 35.2 Å². The van der Waals surface area contributed by atoms with Gasteiger partial charge in [-0.3, -0.25) is 14.5 Å². The highest BCUT2D eigenvalue weighted by atomic mass is 16.2. The summed E-state index contributed by atoms with van der Waals surface area (Å²) in [7, 11) is 0. The molecular weight excluding hydrogens is 302 g/mol. The molecule has 1 fully saturated rings. The molecule has 0 atom stereocenters. The molecule has 5 nitrogen and oxygen atoms in total. The fraction of sp³-hybridized carbons (Fsp3) is 0.579. The van der Waals surface area contributed by atoms with E-state index in [0.29, 0.717) is 19.5 Å². The van der Waals surface area contributed by atoms with Crippen molar-refractivity contribution in [3.63, 3.8) is 0 Å². The van der Waals surface area contributed by atoms with E-state index < -0.39 is 0 Å². The van der Waals surface area contributed by atoms with Crippen molar-refractivity contribution in [2.24, 2.45) is 0 Å². The summed E-state index contributed by atoms with van der Waals surface area (Å²) >= 11 is 0. The van der Waals surface area contributed by atoms with Crippen LogP contribution in [0.2, 0.25) is 0 Å². The zero-order chi connectivity index (χ0) is 17.2. The van der Waals surface area contributed by atoms with Crippen molar-refractivity contribution < 1.29 is 9.59 Å². The maximum Gasteiger partial charge on any atom is 0.234 e. The monoisotopic (exact) mass is 331 g/mol. The Kier molecular flexibility index (Phi) is 7.75. The number of rotatable bonds is 8. The summed E-state index contributed by atoms with van der Waals surface area (Å²) in [5.74, 6) is 0.304. The molecule has 5 heteroatoms. The van der Waals surface area contributed by atoms with E-state index >= 15 is 0 Å². The minimum absolute atomic E-state index is 0.0431. The number of carbonyl (C=O) groups excluding carboxylic acids is 2. The maximum atomic E-state index is 12.1. The van der Waals surface area contributed by atoms with Crippen LogP contribution in [-0.2, 0) is 16.1 Å². The summed E-state index contributed by atoms with van der Waals surface area (Å²) in [5.41, 5.74) is 1.10. The molecule has 0 spiro atoms. The predicted octanol–water partition coefficient (Wildman–Crippen LogP) is 2.03. The summed E-state index contributed by atoms with van der Waals surface area (Å²) in [6.45, 7) is 6.14. The van der Waals surface area contributed by atoms with E-state index in [0.717, 1.165) is 51.0 Å². The average molecular weight is 331 g/mol. The lowest BCUT2D eigenvalue weighted by molar-refractivity contribution is -0.133. The standard InChI is InChI=1S/C19H29N3O2/c1-2-3-5-10-19(24)22-13-11-21(12-14-22)16-18(23)20-15-17-8-6-4-7-9-17/h4,6-9H,2-3,5,10-16H2,1H3,(H,20,23). The second kappa shape index (κ2) is 10.1. The van der Waals surface area contributed by atoms with E-state index in [4.69, 9.17) is 0 Å². The summed E-state index contributed by atoms with van der Waals surface area (Å²) in [5, 5.41) is 2.95. The SMILES string of the molecule is CCCCCC(=O)N1CCN(CC(=O)NCc2ccccc2)CC1. The van der Waals surface area contributed by atoms with Gasteiger partial charge in [0.25, 0.3) is 0 Å². The van der Waals surface area contributed by atoms with Crippen molar-refractivity contribution in [1.82, 2.24) is 15.1 Å². The second-order valence-corrected chi connectivity index (χ2v) is 6.38. The third-order valence-electron chi connectivity index (χ3n) is 4.42. The zero-order valence-electron chi connectivity index (χ0n) is 14.7. The summed E-state index contributed by atoms with van der Waals surface area (Å²) in [4.78, 5) is 28.2. The van der Waals surface area contributed by atoms with Crippen molar-refractivity contribution in [2.45, 2.75) is 39.2 Å². The first-order valence-corrected chi connectivity index (χ1v) is 8.99. The minimum Gasteiger partial charge on any atom is -0.351 e. The van der Waals surface area contributed by atoms with Crippen LogP contribution >= 0.6 is 0 Å². The van der Waals surface area contributed by atoms with Gasteiger partial charge in [0.2, 0.25) is 11.8 Å². The van der Waals surface area contributed by atoms with Crippen LogP contribution in [-0.4, -0.2) is 54.3 Å². The van der Waals surface area contributed by atoms with Gasteiger partial charge in [0.15, 0.2) is 0 Å². The molecule has 0 aromatic heterocycles. The van der Waals surface area contributed by atoms with Gasteiger partial charge in [-0.2, -0.15) is 0 Å². The predicted molar refractivity (Wildman–Crippen MR) is 95.5 cm³/mol. The Hall–Kier alpha value is -1.88. The molecule has 1 aliphatic heterocycles. The highest BCUT2D eigenvalue weighted by molar-refractivity contribution is 5.78. The number of unbranched alkanes of at least 4 members (excludes halogenated alkanes) is 2. The number of nitrogens with zero attached hydrogens (tertiary/aromatic N) is 2. The van der Waals surface area contributed by atoms with Crippen molar-refractivity contribution in [3.8, 4) is 0 Å². The second-order valence-electron chi connectivity index (χ2n) is 6.38. The fourth-order valence-electron chi connectivity index (χ4n) is 2.90. The maximum absolute atomic E-state index is 12.1. The Labute approximate surface area is 145 Å². The average Bonchev–Trinajstić information content (AvgIpc) is 2.61. The lowest BCUT2D eigenvalue weighted by Gasteiger charge is -2.34. The number of amides is 2. The third-order valence-corrected chi connectivity index (χ3v) is 4.42. The summed E-state index contributed by atoms with van der Waals surface area (Å²) in [6.07, 6.45) is 3.90. The molecule has 132 valence electrons. The topological polar surface area (TPSA) is 52.7 Å². The van der Waals surface area contributed by atoms with E-state index in [-0.39, 0.29) is 11.8 Å². The Morgan fingerprint density at radius 1 is 1.04 bits per heavy atom. The lowest BCUT2D eigenvalue weighted by atomic mass is 10.2. The molecule has 1 aromatic carbocycles. The number of nitrogens with one attached hydrogen (secondary N) is 1. The highest BCUT2D eigenvalue weighted by Crippen LogP contribution is 2.07. The molecule has 0 radical (unpaired) electrons. The van der Waals surface area contributed by atoms with Crippen LogP contribution in [0.4, 0.5) is 0 Å². The van der Waals surface area contributed by atoms with Crippen LogP contribution in [0.15, 0.2) is 30.3 Å². The van der Waals surface area contributed by atoms with Crippen LogP contribution < -0.4 is 5.32 Å². The molecule has 1 heterocycles. The van der Waals surface area contributed by atoms with Gasteiger partial charge in [0.05, 0.1) is 6.54 Å². The van der Waals surface area contributed by atoms with Gasteiger partial charge in [-0.25, -0.2) is 0 Å². The number of hydrogen-bond acceptors (Lipinski definition) is 3. The van der Waals surface area contributed by atoms with Gasteiger partial charge in [0.1, 0.15) is 0 Å². The number of piperazine rings is 1. The van der Waals surface area contributed by atoms with Gasteiger partial charge in [-0.1, -0.05) is 50.1 Å². The van der Waals surface area contributed by atoms with Crippen LogP contribution in [0.1, 0.15) is 38.2 Å². The molecular formula is C19H29N3O2. The minimum atomic E-state index is 0.0431. The smallest absolute Gasteiger partial charge is 0.234 e. The van der Waals surface area contributed by atoms with Gasteiger partial charge < -0.3 is 10.2 Å². The number of carbonyl (C=O) groups is 2. The van der Waals surface area contributed by atoms with Crippen LogP contribution in [0.25, 0.3) is 0 Å². The quantitative estimate of drug-likeness (QED) is 0.742. The Morgan fingerprint density at radius 2 is 1.75 bits per heavy atom. The first kappa shape index (κ1) is 18.5. The van der Waals surface area contributed by atoms with Gasteiger partial charge in [-0.05, 0) is 12.0 Å². The Balaban J connectivity index is 1.63. The number of benzene rings is 1. The number of hydrogen-bond donors (Lipinski definition) is 1.